The van der Waals surface area contributed by atoms with Gasteiger partial charge in [0.25, 0.3) is 0 Å². The minimum absolute atomic E-state index is 0.260. The zero-order valence-electron chi connectivity index (χ0n) is 33.9. The smallest absolute Gasteiger partial charge is 0.249 e. The molecule has 4 N–H and O–H groups in total. The highest BCUT2D eigenvalue weighted by Crippen LogP contribution is 2.14. The molecule has 0 saturated heterocycles. The summed E-state index contributed by atoms with van der Waals surface area (Å²) in [6.07, 6.45) is 12.5. The van der Waals surface area contributed by atoms with Crippen LogP contribution in [0.15, 0.2) is 12.2 Å². The molecule has 0 aliphatic carbocycles. The summed E-state index contributed by atoms with van der Waals surface area (Å²) in [4.78, 5) is 12.4. The Labute approximate surface area is 255 Å². The molecule has 0 radical (unpaired) electrons. The monoisotopic (exact) mass is 563 g/mol. The van der Waals surface area contributed by atoms with Crippen LogP contribution in [0.2, 0.25) is 0 Å². The van der Waals surface area contributed by atoms with E-state index in [0.29, 0.717) is 19.3 Å². The van der Waals surface area contributed by atoms with Gasteiger partial charge < -0.3 is 20.6 Å². The van der Waals surface area contributed by atoms with Crippen molar-refractivity contribution in [2.24, 2.45) is 0 Å². The van der Waals surface area contributed by atoms with Crippen molar-refractivity contribution in [2.75, 3.05) is 6.61 Å². The minimum atomic E-state index is -3.32. The number of hydrogen-bond acceptors (Lipinski definition) is 4. The number of allylic oxidation sites excluding steroid dienone is 1. The van der Waals surface area contributed by atoms with Crippen molar-refractivity contribution >= 4 is 5.91 Å². The van der Waals surface area contributed by atoms with Crippen LogP contribution in [0.1, 0.15) is 186 Å². The van der Waals surface area contributed by atoms with Gasteiger partial charge in [-0.25, -0.2) is 0 Å². The lowest BCUT2D eigenvalue weighted by molar-refractivity contribution is -0.131. The van der Waals surface area contributed by atoms with E-state index in [9.17, 15) is 20.1 Å². The molecular formula is C34H67NO4. The van der Waals surface area contributed by atoms with Gasteiger partial charge in [0, 0.05) is 12.3 Å². The normalized spacial score (nSPS) is 18.9. The standard InChI is InChI=1S/C34H67NO4/c1-3-5-7-9-11-13-15-17-19-20-22-24-26-28-32(37)31(30-36)35-34(39)33(38)29-27-25-23-21-18-16-14-12-10-8-6-4-2/h26,28,31-33,36-38H,3-25,27,29-30H2,1-2H3,(H,35,39)/b28-26+/t31-,32+,33-/m0/s1/i2D3,4D2,6D2,8D2. The first-order chi connectivity index (χ1) is 22.5. The van der Waals surface area contributed by atoms with Gasteiger partial charge in [0.05, 0.1) is 18.8 Å². The third-order valence-corrected chi connectivity index (χ3v) is 7.23. The molecule has 0 aromatic rings. The van der Waals surface area contributed by atoms with Gasteiger partial charge in [-0.05, 0) is 19.3 Å². The number of amides is 1. The Bertz CT molecular complexity index is 857. The molecule has 0 bridgehead atoms. The lowest BCUT2D eigenvalue weighted by Crippen LogP contribution is -2.48. The Hall–Kier alpha value is -0.910. The second kappa shape index (κ2) is 30.1. The maximum atomic E-state index is 12.4. The van der Waals surface area contributed by atoms with E-state index < -0.39 is 56.7 Å². The van der Waals surface area contributed by atoms with Gasteiger partial charge in [0.15, 0.2) is 0 Å². The predicted octanol–water partition coefficient (Wildman–Crippen LogP) is 8.53. The Balaban J connectivity index is 4.06. The van der Waals surface area contributed by atoms with Crippen molar-refractivity contribution in [1.82, 2.24) is 5.32 Å². The molecule has 0 aliphatic heterocycles. The molecular weight excluding hydrogens is 486 g/mol. The fraction of sp³-hybridized carbons (Fsp3) is 0.912. The zero-order chi connectivity index (χ0) is 36.7. The van der Waals surface area contributed by atoms with Crippen LogP contribution in [0.3, 0.4) is 0 Å². The lowest BCUT2D eigenvalue weighted by atomic mass is 10.0. The Morgan fingerprint density at radius 2 is 1.28 bits per heavy atom. The lowest BCUT2D eigenvalue weighted by Gasteiger charge is -2.21. The van der Waals surface area contributed by atoms with Crippen LogP contribution in [0.4, 0.5) is 0 Å². The number of carbonyl (C=O) groups excluding carboxylic acids is 1. The minimum Gasteiger partial charge on any atom is -0.394 e. The highest BCUT2D eigenvalue weighted by Gasteiger charge is 2.22. The summed E-state index contributed by atoms with van der Waals surface area (Å²) in [6, 6.07) is -0.891. The van der Waals surface area contributed by atoms with Gasteiger partial charge in [-0.1, -0.05) is 167 Å². The summed E-state index contributed by atoms with van der Waals surface area (Å²) in [5.74, 6) is -0.622. The molecule has 3 atom stereocenters. The van der Waals surface area contributed by atoms with E-state index in [1.54, 1.807) is 6.08 Å². The van der Waals surface area contributed by atoms with Crippen LogP contribution in [-0.4, -0.2) is 46.1 Å². The molecule has 0 spiro atoms. The first-order valence-electron chi connectivity index (χ1n) is 20.4. The molecule has 5 nitrogen and oxygen atoms in total. The summed E-state index contributed by atoms with van der Waals surface area (Å²) >= 11 is 0. The van der Waals surface area contributed by atoms with Crippen molar-refractivity contribution in [3.05, 3.63) is 12.2 Å². The number of unbranched alkanes of at least 4 members (excludes halogenated alkanes) is 18. The van der Waals surface area contributed by atoms with Crippen molar-refractivity contribution in [3.63, 3.8) is 0 Å². The highest BCUT2D eigenvalue weighted by molar-refractivity contribution is 5.80. The van der Waals surface area contributed by atoms with E-state index in [-0.39, 0.29) is 12.8 Å². The number of aliphatic hydroxyl groups excluding tert-OH is 3. The van der Waals surface area contributed by atoms with Gasteiger partial charge in [-0.15, -0.1) is 0 Å². The van der Waals surface area contributed by atoms with Gasteiger partial charge >= 0.3 is 0 Å². The summed E-state index contributed by atoms with van der Waals surface area (Å²) in [5, 5.41) is 32.8. The molecule has 5 heteroatoms. The molecule has 0 aliphatic rings. The fourth-order valence-corrected chi connectivity index (χ4v) is 4.66. The predicted molar refractivity (Wildman–Crippen MR) is 167 cm³/mol. The van der Waals surface area contributed by atoms with Crippen molar-refractivity contribution < 1.29 is 32.5 Å². The first-order valence-corrected chi connectivity index (χ1v) is 15.9. The van der Waals surface area contributed by atoms with Crippen LogP contribution in [-0.2, 0) is 4.79 Å². The third-order valence-electron chi connectivity index (χ3n) is 7.23. The molecule has 232 valence electrons. The van der Waals surface area contributed by atoms with Gasteiger partial charge in [0.2, 0.25) is 5.91 Å². The average molecular weight is 563 g/mol. The fourth-order valence-electron chi connectivity index (χ4n) is 4.66. The Morgan fingerprint density at radius 1 is 0.769 bits per heavy atom. The van der Waals surface area contributed by atoms with Crippen molar-refractivity contribution in [3.8, 4) is 0 Å². The van der Waals surface area contributed by atoms with Crippen LogP contribution >= 0.6 is 0 Å². The number of aliphatic hydroxyl groups is 3. The van der Waals surface area contributed by atoms with E-state index in [4.69, 9.17) is 12.3 Å². The SMILES string of the molecule is [2H]C([2H])([2H])C([2H])([2H])C([2H])([2H])C([2H])([2H])CCCCCCCCCC[C@H](O)C(=O)N[C@@H](CO)[C@H](O)/C=C/CCCCCCCCCCCCC. The van der Waals surface area contributed by atoms with E-state index in [1.165, 1.54) is 57.8 Å². The van der Waals surface area contributed by atoms with E-state index in [1.807, 2.05) is 6.08 Å². The van der Waals surface area contributed by atoms with E-state index >= 15 is 0 Å². The number of nitrogens with one attached hydrogen (secondary N) is 1. The Kier molecular flexibility index (Phi) is 19.0. The van der Waals surface area contributed by atoms with Gasteiger partial charge in [-0.2, -0.15) is 0 Å². The molecule has 39 heavy (non-hydrogen) atoms. The van der Waals surface area contributed by atoms with Gasteiger partial charge in [-0.3, -0.25) is 4.79 Å². The molecule has 0 aromatic heterocycles. The number of hydrogen-bond donors (Lipinski definition) is 4. The third kappa shape index (κ3) is 25.8. The molecule has 0 aromatic carbocycles. The summed E-state index contributed by atoms with van der Waals surface area (Å²) < 4.78 is 68.9. The topological polar surface area (TPSA) is 89.8 Å². The highest BCUT2D eigenvalue weighted by atomic mass is 16.3. The largest absolute Gasteiger partial charge is 0.394 e. The molecule has 0 saturated carbocycles. The molecule has 0 heterocycles. The van der Waals surface area contributed by atoms with Crippen LogP contribution in [0.25, 0.3) is 0 Å². The van der Waals surface area contributed by atoms with Crippen LogP contribution in [0, 0.1) is 0 Å². The second-order valence-corrected chi connectivity index (χ2v) is 10.9. The summed E-state index contributed by atoms with van der Waals surface area (Å²) in [6.45, 7) is -1.49. The van der Waals surface area contributed by atoms with Crippen LogP contribution in [0.5, 0.6) is 0 Å². The van der Waals surface area contributed by atoms with Crippen molar-refractivity contribution in [2.45, 2.75) is 192 Å². The quantitative estimate of drug-likeness (QED) is 0.0521. The second-order valence-electron chi connectivity index (χ2n) is 10.9. The molecule has 0 fully saturated rings. The van der Waals surface area contributed by atoms with E-state index in [2.05, 4.69) is 12.2 Å². The molecule has 0 rings (SSSR count). The van der Waals surface area contributed by atoms with Gasteiger partial charge in [0.1, 0.15) is 6.10 Å². The maximum absolute atomic E-state index is 12.4. The summed E-state index contributed by atoms with van der Waals surface area (Å²) in [5.41, 5.74) is 0. The average Bonchev–Trinajstić information content (AvgIpc) is 3.01. The zero-order valence-corrected chi connectivity index (χ0v) is 24.9. The van der Waals surface area contributed by atoms with Crippen LogP contribution < -0.4 is 5.32 Å². The Morgan fingerprint density at radius 3 is 1.82 bits per heavy atom. The molecule has 1 amide bonds. The first kappa shape index (κ1) is 24.7. The maximum Gasteiger partial charge on any atom is 0.249 e. The summed E-state index contributed by atoms with van der Waals surface area (Å²) in [7, 11) is 0. The molecule has 0 unspecified atom stereocenters. The number of rotatable bonds is 30. The van der Waals surface area contributed by atoms with E-state index in [0.717, 1.165) is 51.4 Å². The van der Waals surface area contributed by atoms with Crippen molar-refractivity contribution in [1.29, 1.82) is 0 Å². The number of carbonyl (C=O) groups is 1.